The number of para-hydroxylation sites is 1. The number of rotatable bonds is 13. The zero-order valence-corrected chi connectivity index (χ0v) is 22.6. The van der Waals surface area contributed by atoms with E-state index in [1.807, 2.05) is 11.8 Å². The summed E-state index contributed by atoms with van der Waals surface area (Å²) < 4.78 is 11.6. The Morgan fingerprint density at radius 2 is 1.64 bits per heavy atom. The monoisotopic (exact) mass is 507 g/mol. The van der Waals surface area contributed by atoms with Crippen LogP contribution < -0.4 is 0 Å². The molecule has 0 radical (unpaired) electrons. The highest BCUT2D eigenvalue weighted by atomic mass is 32.2. The molecule has 0 saturated carbocycles. The number of allylic oxidation sites excluding steroid dienone is 1. The van der Waals surface area contributed by atoms with Gasteiger partial charge in [0.15, 0.2) is 0 Å². The number of benzene rings is 2. The number of piperazine rings is 1. The molecular formula is C30H41N3O2S. The molecule has 0 atom stereocenters. The second kappa shape index (κ2) is 14.5. The highest BCUT2D eigenvalue weighted by Gasteiger charge is 2.25. The highest BCUT2D eigenvalue weighted by molar-refractivity contribution is 7.99. The smallest absolute Gasteiger partial charge is 0.137 e. The van der Waals surface area contributed by atoms with Gasteiger partial charge in [0.25, 0.3) is 0 Å². The minimum absolute atomic E-state index is 0.598. The minimum atomic E-state index is 0.598. The molecular weight excluding hydrogens is 466 g/mol. The van der Waals surface area contributed by atoms with Crippen LogP contribution in [0.4, 0.5) is 5.69 Å². The molecule has 2 aliphatic heterocycles. The Bertz CT molecular complexity index is 1000. The van der Waals surface area contributed by atoms with Gasteiger partial charge in [0, 0.05) is 54.5 Å². The first-order chi connectivity index (χ1) is 17.7. The van der Waals surface area contributed by atoms with Gasteiger partial charge in [-0.25, -0.2) is 4.99 Å². The maximum atomic E-state index is 5.84. The number of amidine groups is 1. The summed E-state index contributed by atoms with van der Waals surface area (Å²) in [4.78, 5) is 12.6. The van der Waals surface area contributed by atoms with E-state index in [4.69, 9.17) is 14.5 Å². The molecule has 2 aromatic carbocycles. The van der Waals surface area contributed by atoms with E-state index < -0.39 is 0 Å². The van der Waals surface area contributed by atoms with Crippen LogP contribution >= 0.6 is 11.8 Å². The molecule has 6 heteroatoms. The van der Waals surface area contributed by atoms with Crippen LogP contribution in [0.2, 0.25) is 0 Å². The molecule has 5 nitrogen and oxygen atoms in total. The number of hydrogen-bond acceptors (Lipinski definition) is 6. The van der Waals surface area contributed by atoms with Crippen molar-refractivity contribution in [2.24, 2.45) is 4.99 Å². The van der Waals surface area contributed by atoms with Gasteiger partial charge >= 0.3 is 0 Å². The van der Waals surface area contributed by atoms with Gasteiger partial charge in [-0.1, -0.05) is 81.3 Å². The fourth-order valence-electron chi connectivity index (χ4n) is 4.63. The Balaban J connectivity index is 1.16. The average molecular weight is 508 g/mol. The van der Waals surface area contributed by atoms with Crippen molar-refractivity contribution in [1.82, 2.24) is 9.80 Å². The zero-order valence-electron chi connectivity index (χ0n) is 21.8. The summed E-state index contributed by atoms with van der Waals surface area (Å²) in [5, 5.41) is 0. The Hall–Kier alpha value is -2.28. The summed E-state index contributed by atoms with van der Waals surface area (Å²) >= 11 is 1.81. The topological polar surface area (TPSA) is 37.3 Å². The quantitative estimate of drug-likeness (QED) is 0.221. The standard InChI is InChI=1S/C30H41N3O2S/c1-3-4-5-6-7-12-25(2)35-24-23-34-22-21-32-17-19-33(20-18-32)30-26-13-8-10-15-28(26)36-29-16-11-9-14-27(29)31-30/h8-11,13-16H,2-7,12,17-24H2,1H3. The molecule has 194 valence electrons. The van der Waals surface area contributed by atoms with Crippen molar-refractivity contribution in [3.05, 3.63) is 66.4 Å². The van der Waals surface area contributed by atoms with Crippen LogP contribution in [-0.2, 0) is 9.47 Å². The third kappa shape index (κ3) is 7.86. The normalized spacial score (nSPS) is 15.6. The maximum Gasteiger partial charge on any atom is 0.137 e. The van der Waals surface area contributed by atoms with Crippen LogP contribution in [0.3, 0.4) is 0 Å². The fraction of sp³-hybridized carbons (Fsp3) is 0.500. The zero-order chi connectivity index (χ0) is 25.0. The third-order valence-electron chi connectivity index (χ3n) is 6.76. The summed E-state index contributed by atoms with van der Waals surface area (Å²) in [5.41, 5.74) is 2.30. The molecule has 0 spiro atoms. The van der Waals surface area contributed by atoms with Crippen LogP contribution in [0.1, 0.15) is 51.0 Å². The van der Waals surface area contributed by atoms with Crippen LogP contribution in [0.15, 0.2) is 75.7 Å². The first-order valence-corrected chi connectivity index (χ1v) is 14.4. The van der Waals surface area contributed by atoms with E-state index in [0.29, 0.717) is 13.2 Å². The van der Waals surface area contributed by atoms with Gasteiger partial charge < -0.3 is 14.4 Å². The molecule has 2 aliphatic rings. The Morgan fingerprint density at radius 3 is 2.47 bits per heavy atom. The van der Waals surface area contributed by atoms with Crippen molar-refractivity contribution in [3.63, 3.8) is 0 Å². The van der Waals surface area contributed by atoms with E-state index in [1.165, 1.54) is 47.5 Å². The van der Waals surface area contributed by atoms with E-state index in [2.05, 4.69) is 71.8 Å². The van der Waals surface area contributed by atoms with Gasteiger partial charge in [-0.2, -0.15) is 0 Å². The van der Waals surface area contributed by atoms with E-state index in [9.17, 15) is 0 Å². The number of aliphatic imine (C=N–C) groups is 1. The lowest BCUT2D eigenvalue weighted by molar-refractivity contribution is 0.0534. The second-order valence-electron chi connectivity index (χ2n) is 9.49. The number of hydrogen-bond donors (Lipinski definition) is 0. The molecule has 1 saturated heterocycles. The fourth-order valence-corrected chi connectivity index (χ4v) is 5.65. The molecule has 0 N–H and O–H groups in total. The van der Waals surface area contributed by atoms with Gasteiger partial charge in [-0.05, 0) is 24.6 Å². The van der Waals surface area contributed by atoms with Crippen LogP contribution in [0.25, 0.3) is 0 Å². The first kappa shape index (κ1) is 26.8. The van der Waals surface area contributed by atoms with E-state index in [1.54, 1.807) is 0 Å². The molecule has 0 aliphatic carbocycles. The Labute approximate surface area is 221 Å². The molecule has 1 fully saturated rings. The number of unbranched alkanes of at least 4 members (excludes halogenated alkanes) is 4. The second-order valence-corrected chi connectivity index (χ2v) is 10.6. The van der Waals surface area contributed by atoms with Crippen LogP contribution in [0.5, 0.6) is 0 Å². The maximum absolute atomic E-state index is 5.84. The Morgan fingerprint density at radius 1 is 0.889 bits per heavy atom. The summed E-state index contributed by atoms with van der Waals surface area (Å²) in [5.74, 6) is 2.00. The van der Waals surface area contributed by atoms with Gasteiger partial charge in [0.2, 0.25) is 0 Å². The molecule has 4 rings (SSSR count). The van der Waals surface area contributed by atoms with Crippen molar-refractivity contribution in [1.29, 1.82) is 0 Å². The van der Waals surface area contributed by atoms with E-state index in [0.717, 1.165) is 63.0 Å². The largest absolute Gasteiger partial charge is 0.496 e. The van der Waals surface area contributed by atoms with Gasteiger partial charge in [0.05, 0.1) is 24.7 Å². The van der Waals surface area contributed by atoms with Gasteiger partial charge in [-0.3, -0.25) is 4.90 Å². The lowest BCUT2D eigenvalue weighted by Crippen LogP contribution is -2.49. The van der Waals surface area contributed by atoms with Crippen LogP contribution in [0, 0.1) is 0 Å². The minimum Gasteiger partial charge on any atom is -0.496 e. The molecule has 2 heterocycles. The average Bonchev–Trinajstić information content (AvgIpc) is 3.08. The molecule has 2 aromatic rings. The van der Waals surface area contributed by atoms with E-state index >= 15 is 0 Å². The number of nitrogens with zero attached hydrogens (tertiary/aromatic N) is 3. The molecule has 0 unspecified atom stereocenters. The number of fused-ring (bicyclic) bond motifs is 2. The predicted octanol–water partition coefficient (Wildman–Crippen LogP) is 6.75. The van der Waals surface area contributed by atoms with Crippen LogP contribution in [-0.4, -0.2) is 68.2 Å². The molecule has 0 bridgehead atoms. The first-order valence-electron chi connectivity index (χ1n) is 13.5. The molecule has 36 heavy (non-hydrogen) atoms. The lowest BCUT2D eigenvalue weighted by Gasteiger charge is -2.36. The van der Waals surface area contributed by atoms with Crippen molar-refractivity contribution in [2.45, 2.75) is 55.2 Å². The lowest BCUT2D eigenvalue weighted by atomic mass is 10.1. The Kier molecular flexibility index (Phi) is 10.8. The molecule has 0 aromatic heterocycles. The van der Waals surface area contributed by atoms with Crippen molar-refractivity contribution in [3.8, 4) is 0 Å². The summed E-state index contributed by atoms with van der Waals surface area (Å²) in [6.07, 6.45) is 7.33. The summed E-state index contributed by atoms with van der Waals surface area (Å²) in [7, 11) is 0. The van der Waals surface area contributed by atoms with Crippen molar-refractivity contribution < 1.29 is 9.47 Å². The third-order valence-corrected chi connectivity index (χ3v) is 7.90. The van der Waals surface area contributed by atoms with Crippen molar-refractivity contribution in [2.75, 3.05) is 52.5 Å². The van der Waals surface area contributed by atoms with Gasteiger partial charge in [0.1, 0.15) is 12.4 Å². The van der Waals surface area contributed by atoms with E-state index in [-0.39, 0.29) is 0 Å². The van der Waals surface area contributed by atoms with Gasteiger partial charge in [-0.15, -0.1) is 0 Å². The molecule has 0 amide bonds. The number of ether oxygens (including phenoxy) is 2. The SMILES string of the molecule is C=C(CCCCCCC)OCCOCCN1CCN(C2=Nc3ccccc3Sc3ccccc32)CC1. The highest BCUT2D eigenvalue weighted by Crippen LogP contribution is 2.40. The summed E-state index contributed by atoms with van der Waals surface area (Å²) in [6, 6.07) is 17.1. The predicted molar refractivity (Wildman–Crippen MR) is 151 cm³/mol. The summed E-state index contributed by atoms with van der Waals surface area (Å²) in [6.45, 7) is 13.2. The van der Waals surface area contributed by atoms with Crippen molar-refractivity contribution >= 4 is 23.3 Å².